The number of rotatable bonds is 6. The Bertz CT molecular complexity index is 850. The molecule has 2 aromatic rings. The van der Waals surface area contributed by atoms with Crippen LogP contribution in [0.3, 0.4) is 0 Å². The summed E-state index contributed by atoms with van der Waals surface area (Å²) < 4.78 is 2.59. The maximum atomic E-state index is 7.67. The molecule has 0 aliphatic carbocycles. The standard InChI is InChI=1S/C12H17.C9H9.C3H6N2.ClH.Pd/c1-9(2)11-6-5-7-12(8-11)10(3)4;1-2-6-9-7-4-3-5-8-9;1-2-5-3-4-1;;/h5-7,9-10H,1-4H3;2-8H,1H2;4-5H,1-2H2;1H;/q;;;;+1/p-1. The molecule has 1 aliphatic rings. The van der Waals surface area contributed by atoms with Crippen molar-refractivity contribution in [3.63, 3.8) is 0 Å². The summed E-state index contributed by atoms with van der Waals surface area (Å²) in [6, 6.07) is 17.2. The maximum absolute atomic E-state index is 7.67. The zero-order valence-corrected chi connectivity index (χ0v) is 19.6. The Labute approximate surface area is 176 Å². The van der Waals surface area contributed by atoms with Crippen molar-refractivity contribution in [2.75, 3.05) is 13.1 Å². The van der Waals surface area contributed by atoms with Gasteiger partial charge in [-0.2, -0.15) is 0 Å². The van der Waals surface area contributed by atoms with Crippen molar-refractivity contribution in [2.45, 2.75) is 44.4 Å². The molecule has 1 fully saturated rings. The van der Waals surface area contributed by atoms with Crippen LogP contribution < -0.4 is 14.7 Å². The molecule has 0 amide bonds. The van der Waals surface area contributed by atoms with E-state index in [4.69, 9.17) is 9.53 Å². The van der Waals surface area contributed by atoms with E-state index in [0.29, 0.717) is 11.8 Å². The summed E-state index contributed by atoms with van der Waals surface area (Å²) >= 11 is -2.63. The normalized spacial score (nSPS) is 18.2. The number of nitrogens with one attached hydrogen (secondary N) is 2. The Hall–Kier alpha value is -1.08. The van der Waals surface area contributed by atoms with Crippen LogP contribution in [0.1, 0.15) is 56.2 Å². The fourth-order valence-electron chi connectivity index (χ4n) is 3.32. The molecule has 3 rings (SSSR count). The van der Waals surface area contributed by atoms with Crippen molar-refractivity contribution in [2.24, 2.45) is 0 Å². The van der Waals surface area contributed by atoms with Crippen LogP contribution in [-0.2, 0) is 14.1 Å². The summed E-state index contributed by atoms with van der Waals surface area (Å²) in [5.74, 6) is 0.893. The Morgan fingerprint density at radius 2 is 1.46 bits per heavy atom. The average molecular weight is 490 g/mol. The van der Waals surface area contributed by atoms with Crippen LogP contribution in [-0.4, -0.2) is 17.3 Å². The van der Waals surface area contributed by atoms with Crippen molar-refractivity contribution in [1.82, 2.24) is 10.6 Å². The van der Waals surface area contributed by atoms with E-state index < -0.39 is 14.1 Å². The molecule has 1 saturated heterocycles. The predicted octanol–water partition coefficient (Wildman–Crippen LogP) is 5.28. The van der Waals surface area contributed by atoms with Crippen LogP contribution in [0.2, 0.25) is 4.89 Å². The monoisotopic (exact) mass is 489 g/mol. The second kappa shape index (κ2) is 9.61. The Balaban J connectivity index is 2.14. The van der Waals surface area contributed by atoms with Gasteiger partial charge in [-0.05, 0) is 0 Å². The molecular weight excluding hydrogens is 458 g/mol. The second-order valence-electron chi connectivity index (χ2n) is 7.61. The Morgan fingerprint density at radius 1 is 0.893 bits per heavy atom. The van der Waals surface area contributed by atoms with E-state index >= 15 is 0 Å². The number of hydrogen-bond donors (Lipinski definition) is 2. The van der Waals surface area contributed by atoms with E-state index in [-0.39, 0.29) is 0 Å². The Kier molecular flexibility index (Phi) is 7.43. The van der Waals surface area contributed by atoms with Crippen LogP contribution >= 0.6 is 9.53 Å². The fraction of sp³-hybridized carbons (Fsp3) is 0.375. The van der Waals surface area contributed by atoms with Gasteiger partial charge in [-0.15, -0.1) is 0 Å². The van der Waals surface area contributed by atoms with Gasteiger partial charge in [-0.3, -0.25) is 0 Å². The second-order valence-corrected chi connectivity index (χ2v) is 14.7. The first-order valence-corrected chi connectivity index (χ1v) is 14.6. The summed E-state index contributed by atoms with van der Waals surface area (Å²) in [5.41, 5.74) is 4.01. The molecule has 1 aliphatic heterocycles. The summed E-state index contributed by atoms with van der Waals surface area (Å²) in [4.78, 5) is 0.874. The summed E-state index contributed by atoms with van der Waals surface area (Å²) in [6.45, 7) is 11.0. The third kappa shape index (κ3) is 4.73. The number of benzene rings is 2. The van der Waals surface area contributed by atoms with E-state index in [0.717, 1.165) is 18.0 Å². The predicted molar refractivity (Wildman–Crippen MR) is 121 cm³/mol. The molecule has 28 heavy (non-hydrogen) atoms. The molecule has 4 heteroatoms. The van der Waals surface area contributed by atoms with E-state index in [9.17, 15) is 0 Å². The van der Waals surface area contributed by atoms with Gasteiger partial charge >= 0.3 is 177 Å². The number of halogens is 1. The van der Waals surface area contributed by atoms with E-state index in [1.807, 2.05) is 0 Å². The van der Waals surface area contributed by atoms with Crippen molar-refractivity contribution in [1.29, 1.82) is 0 Å². The summed E-state index contributed by atoms with van der Waals surface area (Å²) in [6.07, 6.45) is 4.48. The van der Waals surface area contributed by atoms with Crippen LogP contribution in [0, 0.1) is 0 Å². The molecule has 0 radical (unpaired) electrons. The summed E-state index contributed by atoms with van der Waals surface area (Å²) in [5, 5.41) is 7.17. The molecule has 1 heterocycles. The first kappa shape index (κ1) is 21.6. The number of allylic oxidation sites excluding steroid dienone is 1. The molecular formula is C24H32ClN2Pd. The van der Waals surface area contributed by atoms with Gasteiger partial charge in [0.1, 0.15) is 0 Å². The van der Waals surface area contributed by atoms with Gasteiger partial charge < -0.3 is 0 Å². The van der Waals surface area contributed by atoms with E-state index in [1.165, 1.54) is 25.0 Å². The van der Waals surface area contributed by atoms with E-state index in [2.05, 4.69) is 99.0 Å². The third-order valence-electron chi connectivity index (χ3n) is 4.79. The van der Waals surface area contributed by atoms with Crippen LogP contribution in [0.25, 0.3) is 6.08 Å². The third-order valence-corrected chi connectivity index (χ3v) is 11.9. The van der Waals surface area contributed by atoms with Crippen molar-refractivity contribution in [3.8, 4) is 0 Å². The molecule has 2 nitrogen and oxygen atoms in total. The van der Waals surface area contributed by atoms with Crippen molar-refractivity contribution < 1.29 is 14.1 Å². The minimum absolute atomic E-state index is 0.447. The van der Waals surface area contributed by atoms with E-state index in [1.54, 1.807) is 0 Å². The van der Waals surface area contributed by atoms with Gasteiger partial charge in [0.25, 0.3) is 0 Å². The average Bonchev–Trinajstić information content (AvgIpc) is 3.23. The molecule has 2 N–H and O–H groups in total. The quantitative estimate of drug-likeness (QED) is 0.539. The first-order valence-electron chi connectivity index (χ1n) is 9.94. The Morgan fingerprint density at radius 3 is 2.00 bits per heavy atom. The fourth-order valence-corrected chi connectivity index (χ4v) is 10.5. The molecule has 1 unspecified atom stereocenters. The molecule has 2 aromatic carbocycles. The molecule has 0 aromatic heterocycles. The molecule has 0 saturated carbocycles. The summed E-state index contributed by atoms with van der Waals surface area (Å²) in [7, 11) is 7.67. The molecule has 0 bridgehead atoms. The van der Waals surface area contributed by atoms with Crippen molar-refractivity contribution in [3.05, 3.63) is 71.3 Å². The van der Waals surface area contributed by atoms with Crippen LogP contribution in [0.15, 0.2) is 54.6 Å². The molecule has 155 valence electrons. The zero-order chi connectivity index (χ0) is 20.1. The molecule has 0 spiro atoms. The van der Waals surface area contributed by atoms with Gasteiger partial charge in [0.15, 0.2) is 0 Å². The SMILES string of the molecule is CC(C)c1cccc(C(C)C)[c]1[Pd]([Cl])([CH2]C=Cc1ccccc1)=[C]1NCCN1. The van der Waals surface area contributed by atoms with Gasteiger partial charge in [-0.25, -0.2) is 0 Å². The number of hydrogen-bond acceptors (Lipinski definition) is 2. The topological polar surface area (TPSA) is 24.1 Å². The minimum atomic E-state index is -2.63. The van der Waals surface area contributed by atoms with Gasteiger partial charge in [-0.1, -0.05) is 0 Å². The van der Waals surface area contributed by atoms with Gasteiger partial charge in [0.05, 0.1) is 0 Å². The van der Waals surface area contributed by atoms with Crippen molar-refractivity contribution >= 4 is 23.9 Å². The van der Waals surface area contributed by atoms with Crippen LogP contribution in [0.4, 0.5) is 0 Å². The van der Waals surface area contributed by atoms with Gasteiger partial charge in [0.2, 0.25) is 0 Å². The van der Waals surface area contributed by atoms with Gasteiger partial charge in [0, 0.05) is 0 Å². The van der Waals surface area contributed by atoms with Crippen LogP contribution in [0.5, 0.6) is 0 Å². The first-order chi connectivity index (χ1) is 13.4. The zero-order valence-electron chi connectivity index (χ0n) is 17.2. The molecule has 1 atom stereocenters.